The summed E-state index contributed by atoms with van der Waals surface area (Å²) in [4.78, 5) is 0. The highest BCUT2D eigenvalue weighted by molar-refractivity contribution is 5.29. The van der Waals surface area contributed by atoms with Crippen LogP contribution in [0, 0.1) is 5.41 Å². The molecule has 0 bridgehead atoms. The van der Waals surface area contributed by atoms with Gasteiger partial charge in [-0.1, -0.05) is 32.9 Å². The molecule has 0 spiro atoms. The number of hydrogen-bond donors (Lipinski definition) is 1. The summed E-state index contributed by atoms with van der Waals surface area (Å²) in [5.41, 5.74) is 7.72. The fourth-order valence-corrected chi connectivity index (χ4v) is 2.77. The molecule has 0 saturated heterocycles. The van der Waals surface area contributed by atoms with Crippen molar-refractivity contribution in [2.75, 3.05) is 0 Å². The third kappa shape index (κ3) is 4.54. The third-order valence-electron chi connectivity index (χ3n) is 3.75. The van der Waals surface area contributed by atoms with Crippen molar-refractivity contribution in [2.45, 2.75) is 65.0 Å². The van der Waals surface area contributed by atoms with Crippen LogP contribution in [0.3, 0.4) is 0 Å². The molecule has 1 unspecified atom stereocenters. The van der Waals surface area contributed by atoms with Gasteiger partial charge in [0.1, 0.15) is 5.75 Å². The van der Waals surface area contributed by atoms with E-state index in [-0.39, 0.29) is 11.5 Å². The van der Waals surface area contributed by atoms with E-state index in [1.165, 1.54) is 31.2 Å². The summed E-state index contributed by atoms with van der Waals surface area (Å²) in [6, 6.07) is 8.47. The molecule has 19 heavy (non-hydrogen) atoms. The second-order valence-corrected chi connectivity index (χ2v) is 6.96. The lowest BCUT2D eigenvalue weighted by atomic mass is 9.86. The van der Waals surface area contributed by atoms with Crippen LogP contribution in [0.4, 0.5) is 0 Å². The summed E-state index contributed by atoms with van der Waals surface area (Å²) in [6.07, 6.45) is 6.43. The van der Waals surface area contributed by atoms with Gasteiger partial charge in [-0.15, -0.1) is 0 Å². The normalized spacial score (nSPS) is 18.5. The van der Waals surface area contributed by atoms with Crippen molar-refractivity contribution in [2.24, 2.45) is 11.1 Å². The van der Waals surface area contributed by atoms with E-state index in [9.17, 15) is 0 Å². The van der Waals surface area contributed by atoms with Crippen LogP contribution >= 0.6 is 0 Å². The Labute approximate surface area is 117 Å². The Hall–Kier alpha value is -1.02. The quantitative estimate of drug-likeness (QED) is 0.869. The molecule has 1 aliphatic carbocycles. The molecule has 2 N–H and O–H groups in total. The van der Waals surface area contributed by atoms with Gasteiger partial charge in [0, 0.05) is 6.04 Å². The van der Waals surface area contributed by atoms with Gasteiger partial charge in [-0.05, 0) is 55.2 Å². The monoisotopic (exact) mass is 261 g/mol. The lowest BCUT2D eigenvalue weighted by molar-refractivity contribution is 0.210. The summed E-state index contributed by atoms with van der Waals surface area (Å²) in [6.45, 7) is 6.68. The van der Waals surface area contributed by atoms with Gasteiger partial charge >= 0.3 is 0 Å². The largest absolute Gasteiger partial charge is 0.490 e. The fraction of sp³-hybridized carbons (Fsp3) is 0.647. The third-order valence-corrected chi connectivity index (χ3v) is 3.75. The van der Waals surface area contributed by atoms with Gasteiger partial charge in [0.15, 0.2) is 0 Å². The van der Waals surface area contributed by atoms with E-state index in [1.807, 2.05) is 0 Å². The smallest absolute Gasteiger partial charge is 0.119 e. The number of ether oxygens (including phenoxy) is 1. The van der Waals surface area contributed by atoms with E-state index in [4.69, 9.17) is 10.5 Å². The molecule has 1 saturated carbocycles. The molecule has 0 heterocycles. The predicted octanol–water partition coefficient (Wildman–Crippen LogP) is 4.44. The SMILES string of the molecule is CC(C)(C)CC(N)c1ccc(OC2CCCC2)cc1. The number of benzene rings is 1. The molecule has 1 fully saturated rings. The van der Waals surface area contributed by atoms with Gasteiger partial charge < -0.3 is 10.5 Å². The van der Waals surface area contributed by atoms with Crippen molar-refractivity contribution in [3.8, 4) is 5.75 Å². The second-order valence-electron chi connectivity index (χ2n) is 6.96. The van der Waals surface area contributed by atoms with Crippen LogP contribution < -0.4 is 10.5 Å². The molecule has 1 aromatic rings. The Morgan fingerprint density at radius 3 is 2.26 bits per heavy atom. The van der Waals surface area contributed by atoms with Crippen molar-refractivity contribution in [1.82, 2.24) is 0 Å². The van der Waals surface area contributed by atoms with Crippen molar-refractivity contribution >= 4 is 0 Å². The summed E-state index contributed by atoms with van der Waals surface area (Å²) >= 11 is 0. The first-order chi connectivity index (χ1) is 8.94. The van der Waals surface area contributed by atoms with Crippen LogP contribution in [0.25, 0.3) is 0 Å². The van der Waals surface area contributed by atoms with Crippen molar-refractivity contribution in [3.63, 3.8) is 0 Å². The topological polar surface area (TPSA) is 35.2 Å². The molecule has 0 aromatic heterocycles. The highest BCUT2D eigenvalue weighted by Gasteiger charge is 2.18. The van der Waals surface area contributed by atoms with Gasteiger partial charge in [0.2, 0.25) is 0 Å². The number of rotatable bonds is 4. The number of nitrogens with two attached hydrogens (primary N) is 1. The predicted molar refractivity (Wildman–Crippen MR) is 80.3 cm³/mol. The van der Waals surface area contributed by atoms with Crippen LogP contribution in [0.5, 0.6) is 5.75 Å². The minimum absolute atomic E-state index is 0.112. The lowest BCUT2D eigenvalue weighted by Gasteiger charge is -2.23. The minimum Gasteiger partial charge on any atom is -0.490 e. The molecule has 1 atom stereocenters. The van der Waals surface area contributed by atoms with Crippen molar-refractivity contribution < 1.29 is 4.74 Å². The van der Waals surface area contributed by atoms with Gasteiger partial charge in [0.25, 0.3) is 0 Å². The van der Waals surface area contributed by atoms with Crippen LogP contribution in [0.2, 0.25) is 0 Å². The zero-order chi connectivity index (χ0) is 13.9. The summed E-state index contributed by atoms with van der Waals surface area (Å²) in [7, 11) is 0. The van der Waals surface area contributed by atoms with Crippen LogP contribution in [0.1, 0.15) is 64.5 Å². The minimum atomic E-state index is 0.112. The fourth-order valence-electron chi connectivity index (χ4n) is 2.77. The maximum Gasteiger partial charge on any atom is 0.119 e. The van der Waals surface area contributed by atoms with E-state index in [1.54, 1.807) is 0 Å². The average Bonchev–Trinajstić information content (AvgIpc) is 2.80. The zero-order valence-electron chi connectivity index (χ0n) is 12.5. The molecule has 0 aliphatic heterocycles. The first-order valence-electron chi connectivity index (χ1n) is 7.46. The summed E-state index contributed by atoms with van der Waals surface area (Å²) in [5.74, 6) is 0.985. The Bertz CT molecular complexity index is 385. The number of hydrogen-bond acceptors (Lipinski definition) is 2. The highest BCUT2D eigenvalue weighted by Crippen LogP contribution is 2.29. The summed E-state index contributed by atoms with van der Waals surface area (Å²) in [5, 5.41) is 0. The Kier molecular flexibility index (Phi) is 4.51. The van der Waals surface area contributed by atoms with E-state index in [0.717, 1.165) is 12.2 Å². The van der Waals surface area contributed by atoms with Crippen molar-refractivity contribution in [3.05, 3.63) is 29.8 Å². The second kappa shape index (κ2) is 5.96. The standard InChI is InChI=1S/C17H27NO/c1-17(2,3)12-16(18)13-8-10-15(11-9-13)19-14-6-4-5-7-14/h8-11,14,16H,4-7,12,18H2,1-3H3. The van der Waals surface area contributed by atoms with E-state index >= 15 is 0 Å². The first-order valence-corrected chi connectivity index (χ1v) is 7.46. The lowest BCUT2D eigenvalue weighted by Crippen LogP contribution is -2.18. The molecule has 0 radical (unpaired) electrons. The summed E-state index contributed by atoms with van der Waals surface area (Å²) < 4.78 is 5.97. The molecular weight excluding hydrogens is 234 g/mol. The first kappa shape index (κ1) is 14.4. The molecule has 2 heteroatoms. The van der Waals surface area contributed by atoms with Crippen LogP contribution in [-0.2, 0) is 0 Å². The molecule has 2 rings (SSSR count). The average molecular weight is 261 g/mol. The van der Waals surface area contributed by atoms with Gasteiger partial charge in [0.05, 0.1) is 6.10 Å². The van der Waals surface area contributed by atoms with Crippen molar-refractivity contribution in [1.29, 1.82) is 0 Å². The van der Waals surface area contributed by atoms with Gasteiger partial charge in [-0.25, -0.2) is 0 Å². The van der Waals surface area contributed by atoms with Crippen LogP contribution in [-0.4, -0.2) is 6.10 Å². The van der Waals surface area contributed by atoms with Gasteiger partial charge in [-0.2, -0.15) is 0 Å². The Morgan fingerprint density at radius 1 is 1.16 bits per heavy atom. The van der Waals surface area contributed by atoms with E-state index < -0.39 is 0 Å². The molecule has 106 valence electrons. The van der Waals surface area contributed by atoms with Gasteiger partial charge in [-0.3, -0.25) is 0 Å². The molecule has 1 aliphatic rings. The van der Waals surface area contributed by atoms with E-state index in [2.05, 4.69) is 45.0 Å². The highest BCUT2D eigenvalue weighted by atomic mass is 16.5. The zero-order valence-corrected chi connectivity index (χ0v) is 12.5. The Morgan fingerprint density at radius 2 is 1.74 bits per heavy atom. The molecular formula is C17H27NO. The maximum absolute atomic E-state index is 6.25. The Balaban J connectivity index is 1.93. The van der Waals surface area contributed by atoms with E-state index in [0.29, 0.717) is 6.10 Å². The molecule has 1 aromatic carbocycles. The molecule has 2 nitrogen and oxygen atoms in total. The molecule has 0 amide bonds. The van der Waals surface area contributed by atoms with Crippen LogP contribution in [0.15, 0.2) is 24.3 Å². The maximum atomic E-state index is 6.25.